The van der Waals surface area contributed by atoms with Crippen molar-refractivity contribution >= 4 is 61.7 Å². The van der Waals surface area contributed by atoms with Gasteiger partial charge in [0.2, 0.25) is 10.9 Å². The number of anilines is 1. The highest BCUT2D eigenvalue weighted by Crippen LogP contribution is 2.44. The van der Waals surface area contributed by atoms with E-state index in [9.17, 15) is 14.7 Å². The first-order valence-electron chi connectivity index (χ1n) is 14.2. The number of amides is 1. The lowest BCUT2D eigenvalue weighted by Crippen LogP contribution is -2.31. The van der Waals surface area contributed by atoms with Gasteiger partial charge in [0, 0.05) is 11.1 Å². The smallest absolute Gasteiger partial charge is 0.296 e. The molecule has 9 heteroatoms. The molecule has 1 N–H and O–H groups in total. The Kier molecular flexibility index (Phi) is 7.27. The molecule has 1 aliphatic rings. The normalized spacial score (nSPS) is 15.3. The number of aliphatic hydroxyl groups is 1. The average molecular weight is 618 g/mol. The first-order chi connectivity index (χ1) is 21.4. The van der Waals surface area contributed by atoms with Crippen LogP contribution in [0.15, 0.2) is 117 Å². The second kappa shape index (κ2) is 11.4. The Morgan fingerprint density at radius 1 is 0.955 bits per heavy atom. The van der Waals surface area contributed by atoms with E-state index in [-0.39, 0.29) is 11.3 Å². The number of thioether (sulfide) groups is 1. The van der Waals surface area contributed by atoms with E-state index in [0.717, 1.165) is 10.9 Å². The second-order valence-corrected chi connectivity index (χ2v) is 13.1. The number of rotatable bonds is 8. The van der Waals surface area contributed by atoms with Crippen LogP contribution in [0.25, 0.3) is 21.7 Å². The Labute approximate surface area is 261 Å². The van der Waals surface area contributed by atoms with Crippen LogP contribution in [-0.2, 0) is 10.5 Å². The summed E-state index contributed by atoms with van der Waals surface area (Å²) in [5.41, 5.74) is 3.46. The number of benzene rings is 4. The van der Waals surface area contributed by atoms with Crippen LogP contribution >= 0.6 is 23.1 Å². The fourth-order valence-corrected chi connectivity index (χ4v) is 7.43. The van der Waals surface area contributed by atoms with Gasteiger partial charge in [-0.15, -0.1) is 10.2 Å². The fourth-order valence-electron chi connectivity index (χ4n) is 5.56. The van der Waals surface area contributed by atoms with Gasteiger partial charge < -0.3 is 9.52 Å². The summed E-state index contributed by atoms with van der Waals surface area (Å²) in [5, 5.41) is 23.3. The number of nitrogens with zero attached hydrogens (tertiary/aromatic N) is 3. The molecular weight excluding hydrogens is 591 g/mol. The number of carbonyl (C=O) groups excluding carboxylic acids is 2. The molecule has 218 valence electrons. The Balaban J connectivity index is 1.24. The number of fused-ring (bicyclic) bond motifs is 2. The number of Topliss-reactive ketones (excluding diaryl/α,β-unsaturated/α-hetero) is 1. The molecule has 0 fully saturated rings. The lowest BCUT2D eigenvalue weighted by atomic mass is 9.93. The molecule has 3 heterocycles. The molecule has 1 atom stereocenters. The van der Waals surface area contributed by atoms with E-state index < -0.39 is 23.5 Å². The van der Waals surface area contributed by atoms with Gasteiger partial charge in [0.05, 0.1) is 11.6 Å². The van der Waals surface area contributed by atoms with Crippen LogP contribution in [0.3, 0.4) is 0 Å². The highest BCUT2D eigenvalue weighted by Gasteiger charge is 2.46. The molecule has 4 aromatic carbocycles. The summed E-state index contributed by atoms with van der Waals surface area (Å²) in [6.07, 6.45) is 0. The zero-order chi connectivity index (χ0) is 30.4. The molecule has 2 aromatic heterocycles. The van der Waals surface area contributed by atoms with Crippen molar-refractivity contribution in [1.82, 2.24) is 10.2 Å². The van der Waals surface area contributed by atoms with Crippen LogP contribution in [0.4, 0.5) is 5.13 Å². The first-order valence-corrected chi connectivity index (χ1v) is 16.0. The minimum Gasteiger partial charge on any atom is -0.503 e. The van der Waals surface area contributed by atoms with Crippen LogP contribution in [0, 0.1) is 0 Å². The molecule has 7 rings (SSSR count). The zero-order valence-electron chi connectivity index (χ0n) is 23.9. The van der Waals surface area contributed by atoms with Crippen LogP contribution in [0.2, 0.25) is 0 Å². The summed E-state index contributed by atoms with van der Waals surface area (Å²) < 4.78 is 6.53. The summed E-state index contributed by atoms with van der Waals surface area (Å²) in [4.78, 5) is 29.0. The van der Waals surface area contributed by atoms with Crippen molar-refractivity contribution in [1.29, 1.82) is 0 Å². The van der Waals surface area contributed by atoms with Crippen LogP contribution in [0.1, 0.15) is 53.1 Å². The standard InChI is InChI=1S/C35H27N3O4S2/c1-20(2)21-14-16-23(17-15-21)30-29(31(39)28-18-24-9-4-6-13-27(24)42-28)32(40)33(41)38(30)34-36-37-35(44-34)43-19-25-11-7-10-22-8-3-5-12-26(22)25/h3-18,20,30,40H,19H2,1-2H3. The third kappa shape index (κ3) is 4.98. The number of para-hydroxylation sites is 1. The quantitative estimate of drug-likeness (QED) is 0.104. The number of hydrogen-bond acceptors (Lipinski definition) is 8. The average Bonchev–Trinajstić information content (AvgIpc) is 3.76. The zero-order valence-corrected chi connectivity index (χ0v) is 25.6. The van der Waals surface area contributed by atoms with E-state index in [1.165, 1.54) is 44.3 Å². The fraction of sp³-hybridized carbons (Fsp3) is 0.143. The van der Waals surface area contributed by atoms with Crippen molar-refractivity contribution in [2.24, 2.45) is 0 Å². The van der Waals surface area contributed by atoms with Crippen LogP contribution in [-0.4, -0.2) is 27.0 Å². The minimum atomic E-state index is -0.909. The third-order valence-corrected chi connectivity index (χ3v) is 9.96. The largest absolute Gasteiger partial charge is 0.503 e. The van der Waals surface area contributed by atoms with E-state index in [1.54, 1.807) is 12.1 Å². The van der Waals surface area contributed by atoms with Gasteiger partial charge in [0.15, 0.2) is 15.9 Å². The van der Waals surface area contributed by atoms with E-state index in [2.05, 4.69) is 48.3 Å². The monoisotopic (exact) mass is 617 g/mol. The van der Waals surface area contributed by atoms with E-state index >= 15 is 0 Å². The van der Waals surface area contributed by atoms with Gasteiger partial charge in [-0.1, -0.05) is 122 Å². The summed E-state index contributed by atoms with van der Waals surface area (Å²) >= 11 is 2.78. The van der Waals surface area contributed by atoms with Crippen molar-refractivity contribution < 1.29 is 19.1 Å². The van der Waals surface area contributed by atoms with Gasteiger partial charge in [0.1, 0.15) is 5.58 Å². The number of carbonyl (C=O) groups is 2. The second-order valence-electron chi connectivity index (χ2n) is 10.9. The van der Waals surface area contributed by atoms with Gasteiger partial charge in [0.25, 0.3) is 5.91 Å². The van der Waals surface area contributed by atoms with Crippen LogP contribution in [0.5, 0.6) is 0 Å². The topological polar surface area (TPSA) is 96.5 Å². The highest BCUT2D eigenvalue weighted by molar-refractivity contribution is 8.00. The van der Waals surface area contributed by atoms with E-state index in [4.69, 9.17) is 4.42 Å². The molecule has 1 aliphatic heterocycles. The highest BCUT2D eigenvalue weighted by atomic mass is 32.2. The molecule has 0 radical (unpaired) electrons. The summed E-state index contributed by atoms with van der Waals surface area (Å²) in [5.74, 6) is -0.853. The first kappa shape index (κ1) is 28.1. The molecule has 0 aliphatic carbocycles. The predicted molar refractivity (Wildman–Crippen MR) is 174 cm³/mol. The number of aromatic nitrogens is 2. The maximum absolute atomic E-state index is 14.0. The van der Waals surface area contributed by atoms with Gasteiger partial charge in [-0.2, -0.15) is 0 Å². The molecule has 7 nitrogen and oxygen atoms in total. The van der Waals surface area contributed by atoms with Crippen molar-refractivity contribution in [3.63, 3.8) is 0 Å². The summed E-state index contributed by atoms with van der Waals surface area (Å²) in [7, 11) is 0. The lowest BCUT2D eigenvalue weighted by molar-refractivity contribution is -0.117. The van der Waals surface area contributed by atoms with Gasteiger partial charge >= 0.3 is 0 Å². The summed E-state index contributed by atoms with van der Waals surface area (Å²) in [6, 6.07) is 30.2. The van der Waals surface area contributed by atoms with Gasteiger partial charge in [-0.25, -0.2) is 0 Å². The molecule has 1 amide bonds. The maximum atomic E-state index is 14.0. The SMILES string of the molecule is CC(C)c1ccc(C2C(C(=O)c3cc4ccccc4o3)=C(O)C(=O)N2c2nnc(SCc3cccc4ccccc34)s2)cc1. The number of aliphatic hydroxyl groups excluding tert-OH is 1. The van der Waals surface area contributed by atoms with Gasteiger partial charge in [-0.05, 0) is 45.5 Å². The Morgan fingerprint density at radius 3 is 2.45 bits per heavy atom. The number of furan rings is 1. The van der Waals surface area contributed by atoms with Crippen molar-refractivity contribution in [2.45, 2.75) is 35.9 Å². The molecule has 0 saturated heterocycles. The van der Waals surface area contributed by atoms with Crippen LogP contribution < -0.4 is 4.90 Å². The summed E-state index contributed by atoms with van der Waals surface area (Å²) in [6.45, 7) is 4.20. The van der Waals surface area contributed by atoms with Crippen molar-refractivity contribution in [3.8, 4) is 0 Å². The molecule has 0 saturated carbocycles. The Bertz CT molecular complexity index is 2040. The Hall–Kier alpha value is -4.73. The van der Waals surface area contributed by atoms with E-state index in [1.807, 2.05) is 60.7 Å². The van der Waals surface area contributed by atoms with E-state index in [0.29, 0.717) is 32.3 Å². The molecule has 0 spiro atoms. The maximum Gasteiger partial charge on any atom is 0.296 e. The van der Waals surface area contributed by atoms with Crippen molar-refractivity contribution in [2.75, 3.05) is 4.90 Å². The number of ketones is 1. The van der Waals surface area contributed by atoms with Gasteiger partial charge in [-0.3, -0.25) is 14.5 Å². The predicted octanol–water partition coefficient (Wildman–Crippen LogP) is 8.64. The minimum absolute atomic E-state index is 0.0495. The lowest BCUT2D eigenvalue weighted by Gasteiger charge is -2.24. The third-order valence-electron chi connectivity index (χ3n) is 7.85. The molecular formula is C35H27N3O4S2. The number of hydrogen-bond donors (Lipinski definition) is 1. The molecule has 44 heavy (non-hydrogen) atoms. The molecule has 6 aromatic rings. The molecule has 1 unspecified atom stereocenters. The molecule has 0 bridgehead atoms. The Morgan fingerprint density at radius 2 is 1.68 bits per heavy atom. The van der Waals surface area contributed by atoms with Crippen molar-refractivity contribution in [3.05, 3.63) is 131 Å².